The van der Waals surface area contributed by atoms with E-state index in [0.717, 1.165) is 0 Å². The average Bonchev–Trinajstić information content (AvgIpc) is 3.44. The normalized spacial score (nSPS) is 15.0. The van der Waals surface area contributed by atoms with Crippen molar-refractivity contribution in [3.63, 3.8) is 0 Å². The van der Waals surface area contributed by atoms with E-state index in [4.69, 9.17) is 0 Å². The van der Waals surface area contributed by atoms with E-state index in [1.807, 2.05) is 0 Å². The second kappa shape index (κ2) is 25.5. The Hall–Kier alpha value is -5.92. The van der Waals surface area contributed by atoms with Crippen molar-refractivity contribution < 1.29 is 0 Å². The van der Waals surface area contributed by atoms with Gasteiger partial charge in [0.1, 0.15) is 0 Å². The fourth-order valence-electron chi connectivity index (χ4n) is 13.1. The molecule has 1 aliphatic carbocycles. The van der Waals surface area contributed by atoms with Crippen LogP contribution in [0.15, 0.2) is 158 Å². The van der Waals surface area contributed by atoms with Gasteiger partial charge in [0, 0.05) is 0 Å². The van der Waals surface area contributed by atoms with E-state index in [0.29, 0.717) is 58.2 Å². The molecule has 0 bridgehead atoms. The van der Waals surface area contributed by atoms with Gasteiger partial charge in [0.15, 0.2) is 0 Å². The van der Waals surface area contributed by atoms with Crippen LogP contribution in [0.4, 0.5) is 5.69 Å². The molecule has 0 unspecified atom stereocenters. The Morgan fingerprint density at radius 2 is 0.588 bits per heavy atom. The Kier molecular flexibility index (Phi) is 18.7. The number of anilines is 1. The third-order valence-electron chi connectivity index (χ3n) is 17.2. The van der Waals surface area contributed by atoms with Crippen LogP contribution in [0.1, 0.15) is 228 Å². The number of hydrogen-bond acceptors (Lipinski definition) is 1. The first-order chi connectivity index (χ1) is 38.3. The van der Waals surface area contributed by atoms with E-state index in [-0.39, 0.29) is 15.0 Å². The van der Waals surface area contributed by atoms with E-state index < -0.39 is 0 Å². The average molecular weight is 1120 g/mol. The zero-order chi connectivity index (χ0) is 57.1. The fraction of sp³-hybridized carbons (Fsp3) is 0.385. The van der Waals surface area contributed by atoms with Crippen LogP contribution in [-0.4, -0.2) is 21.0 Å². The Labute approximate surface area is 491 Å². The monoisotopic (exact) mass is 1120 g/mol. The number of nitrogens with one attached hydrogen (secondary N) is 1. The topological polar surface area (TPSA) is 12.0 Å². The zero-order valence-corrected chi connectivity index (χ0v) is 53.2. The van der Waals surface area contributed by atoms with Crippen LogP contribution in [0, 0.1) is 0 Å². The molecule has 0 saturated heterocycles. The molecule has 1 saturated carbocycles. The summed E-state index contributed by atoms with van der Waals surface area (Å²) in [7, 11) is 0. The molecule has 2 atom stereocenters. The Morgan fingerprint density at radius 3 is 0.887 bits per heavy atom. The van der Waals surface area contributed by atoms with Gasteiger partial charge in [-0.3, -0.25) is 0 Å². The van der Waals surface area contributed by atoms with E-state index in [9.17, 15) is 0 Å². The van der Waals surface area contributed by atoms with Gasteiger partial charge in [-0.2, -0.15) is 0 Å². The second-order valence-electron chi connectivity index (χ2n) is 25.8. The van der Waals surface area contributed by atoms with Crippen molar-refractivity contribution in [2.75, 3.05) is 5.32 Å². The first kappa shape index (κ1) is 58.7. The molecule has 0 amide bonds. The zero-order valence-electron chi connectivity index (χ0n) is 51.5. The van der Waals surface area contributed by atoms with Gasteiger partial charge in [0.2, 0.25) is 0 Å². The van der Waals surface area contributed by atoms with Crippen LogP contribution >= 0.6 is 0 Å². The summed E-state index contributed by atoms with van der Waals surface area (Å²) in [5.74, 6) is 2.91. The molecule has 1 aliphatic rings. The third-order valence-corrected chi connectivity index (χ3v) is 20.5. The van der Waals surface area contributed by atoms with Gasteiger partial charge in [0.25, 0.3) is 0 Å². The Balaban J connectivity index is 1.42. The van der Waals surface area contributed by atoms with Crippen LogP contribution in [0.3, 0.4) is 0 Å². The standard InChI is InChI=1S/C78H93NSe/c1-47(2)62-29-22-30-63(48(3)4)74(62)57-41-55(42-58(45-57)75-64(49(5)6)31-23-32-65(75)50(7)8)70-37-26-38-71(78(70)80-73-40-21-20-39-72(73)79-61-27-18-17-19-28-61)56-43-59(76-66(51(9)10)33-24-34-67(76)52(11)12)46-60(44-56)77-68(53(13)14)35-25-36-69(77)54(15)16/h17-19,22-38,41-54,72-73,79H,20-21,39-40H2,1-16H3/t72-,73-/m1/s1. The van der Waals surface area contributed by atoms with Crippen molar-refractivity contribution in [1.82, 2.24) is 0 Å². The minimum atomic E-state index is 0.0842. The van der Waals surface area contributed by atoms with Gasteiger partial charge in [-0.05, 0) is 0 Å². The number of benzene rings is 8. The first-order valence-electron chi connectivity index (χ1n) is 30.8. The van der Waals surface area contributed by atoms with Crippen LogP contribution in [-0.2, 0) is 0 Å². The number of rotatable bonds is 18. The molecule has 0 radical (unpaired) electrons. The molecule has 8 aromatic rings. The van der Waals surface area contributed by atoms with Crippen LogP contribution in [0.2, 0.25) is 4.82 Å². The molecule has 1 nitrogen and oxygen atoms in total. The molecule has 80 heavy (non-hydrogen) atoms. The van der Waals surface area contributed by atoms with Crippen molar-refractivity contribution in [3.05, 3.63) is 202 Å². The van der Waals surface area contributed by atoms with E-state index in [1.165, 1.54) is 147 Å². The van der Waals surface area contributed by atoms with Crippen molar-refractivity contribution in [2.45, 2.75) is 195 Å². The summed E-state index contributed by atoms with van der Waals surface area (Å²) in [4.78, 5) is 0.494. The molecule has 0 aliphatic heterocycles. The van der Waals surface area contributed by atoms with Gasteiger partial charge in [-0.25, -0.2) is 0 Å². The van der Waals surface area contributed by atoms with E-state index >= 15 is 0 Å². The van der Waals surface area contributed by atoms with Crippen LogP contribution in [0.5, 0.6) is 0 Å². The molecule has 0 spiro atoms. The molecule has 8 aromatic carbocycles. The summed E-state index contributed by atoms with van der Waals surface area (Å²) < 4.78 is 1.52. The van der Waals surface area contributed by atoms with Crippen molar-refractivity contribution in [3.8, 4) is 66.8 Å². The number of hydrogen-bond donors (Lipinski definition) is 1. The van der Waals surface area contributed by atoms with Crippen molar-refractivity contribution in [1.29, 1.82) is 0 Å². The quantitative estimate of drug-likeness (QED) is 0.0845. The van der Waals surface area contributed by atoms with E-state index in [2.05, 4.69) is 274 Å². The van der Waals surface area contributed by atoms with Gasteiger partial charge >= 0.3 is 494 Å². The maximum absolute atomic E-state index is 4.14. The predicted octanol–water partition coefficient (Wildman–Crippen LogP) is 22.8. The summed E-state index contributed by atoms with van der Waals surface area (Å²) >= 11 is 0.0842. The van der Waals surface area contributed by atoms with Crippen molar-refractivity contribution >= 4 is 25.1 Å². The number of para-hydroxylation sites is 1. The Morgan fingerprint density at radius 1 is 0.312 bits per heavy atom. The summed E-state index contributed by atoms with van der Waals surface area (Å²) in [6, 6.07) is 62.7. The predicted molar refractivity (Wildman–Crippen MR) is 353 cm³/mol. The molecule has 9 rings (SSSR count). The molecule has 416 valence electrons. The second-order valence-corrected chi connectivity index (χ2v) is 28.4. The van der Waals surface area contributed by atoms with Crippen LogP contribution in [0.25, 0.3) is 66.8 Å². The molecule has 0 heterocycles. The molecular weight excluding hydrogens is 1030 g/mol. The summed E-state index contributed by atoms with van der Waals surface area (Å²) in [6.07, 6.45) is 4.91. The van der Waals surface area contributed by atoms with Gasteiger partial charge in [0.05, 0.1) is 0 Å². The van der Waals surface area contributed by atoms with Gasteiger partial charge in [-0.1, -0.05) is 0 Å². The fourth-order valence-corrected chi connectivity index (χ4v) is 16.4. The summed E-state index contributed by atoms with van der Waals surface area (Å²) in [6.45, 7) is 38.0. The SMILES string of the molecule is CC(C)c1cccc(C(C)C)c1-c1cc(-c2cccc(-c3cc(-c4c(C(C)C)cccc4C(C)C)cc(-c4c(C(C)C)cccc4C(C)C)c3)c2[Se][C@@H]2CCCC[C@H]2Nc2ccccc2)cc(-c2c(C(C)C)cccc2C(C)C)c1. The molecular formula is C78H93NSe. The minimum absolute atomic E-state index is 0.0842. The maximum atomic E-state index is 4.14. The molecule has 1 fully saturated rings. The molecule has 0 aromatic heterocycles. The Bertz CT molecular complexity index is 2960. The van der Waals surface area contributed by atoms with E-state index in [1.54, 1.807) is 0 Å². The van der Waals surface area contributed by atoms with Gasteiger partial charge < -0.3 is 0 Å². The molecule has 2 heteroatoms. The van der Waals surface area contributed by atoms with Crippen molar-refractivity contribution in [2.24, 2.45) is 0 Å². The third kappa shape index (κ3) is 12.4. The first-order valence-corrected chi connectivity index (χ1v) is 32.6. The van der Waals surface area contributed by atoms with Crippen LogP contribution < -0.4 is 9.78 Å². The summed E-state index contributed by atoms with van der Waals surface area (Å²) in [5.41, 5.74) is 28.9. The summed E-state index contributed by atoms with van der Waals surface area (Å²) in [5, 5.41) is 4.14. The molecule has 1 N–H and O–H groups in total. The van der Waals surface area contributed by atoms with Gasteiger partial charge in [-0.15, -0.1) is 0 Å².